The first-order valence-corrected chi connectivity index (χ1v) is 8.12. The zero-order chi connectivity index (χ0) is 17.1. The Morgan fingerprint density at radius 1 is 1.21 bits per heavy atom. The molecule has 0 bridgehead atoms. The minimum Gasteiger partial charge on any atom is -0.326 e. The van der Waals surface area contributed by atoms with Crippen LogP contribution in [0.25, 0.3) is 0 Å². The lowest BCUT2D eigenvalue weighted by Gasteiger charge is -2.17. The molecular formula is C18H18ClN3O2. The standard InChI is InChI=1S/C18H18ClN3O2/c1-12-7-8-13(11-15(12)19)20-18(24)21-16-9-10-22(17(16)23)14-5-3-2-4-6-14/h2-8,11,16H,9-10H2,1H3,(H2,20,21,24)/t16-/m1/s1. The van der Waals surface area contributed by atoms with Crippen LogP contribution in [0, 0.1) is 6.92 Å². The molecule has 2 aromatic rings. The van der Waals surface area contributed by atoms with Gasteiger partial charge < -0.3 is 15.5 Å². The van der Waals surface area contributed by atoms with Gasteiger partial charge in [-0.2, -0.15) is 0 Å². The van der Waals surface area contributed by atoms with Gasteiger partial charge in [0.25, 0.3) is 0 Å². The van der Waals surface area contributed by atoms with E-state index in [1.807, 2.05) is 43.3 Å². The number of carbonyl (C=O) groups excluding carboxylic acids is 2. The molecule has 24 heavy (non-hydrogen) atoms. The van der Waals surface area contributed by atoms with E-state index >= 15 is 0 Å². The number of nitrogens with zero attached hydrogens (tertiary/aromatic N) is 1. The highest BCUT2D eigenvalue weighted by Gasteiger charge is 2.33. The predicted molar refractivity (Wildman–Crippen MR) is 95.5 cm³/mol. The number of urea groups is 1. The Labute approximate surface area is 145 Å². The van der Waals surface area contributed by atoms with Crippen LogP contribution in [0.15, 0.2) is 48.5 Å². The fourth-order valence-electron chi connectivity index (χ4n) is 2.67. The van der Waals surface area contributed by atoms with E-state index in [9.17, 15) is 9.59 Å². The van der Waals surface area contributed by atoms with Crippen molar-refractivity contribution >= 4 is 34.9 Å². The molecule has 0 aromatic heterocycles. The summed E-state index contributed by atoms with van der Waals surface area (Å²) >= 11 is 6.05. The molecule has 0 unspecified atom stereocenters. The van der Waals surface area contributed by atoms with Crippen molar-refractivity contribution in [3.63, 3.8) is 0 Å². The van der Waals surface area contributed by atoms with Crippen molar-refractivity contribution in [1.82, 2.24) is 5.32 Å². The Morgan fingerprint density at radius 3 is 2.67 bits per heavy atom. The molecule has 0 spiro atoms. The SMILES string of the molecule is Cc1ccc(NC(=O)N[C@@H]2CCN(c3ccccc3)C2=O)cc1Cl. The Bertz CT molecular complexity index is 764. The second kappa shape index (κ2) is 6.93. The number of anilines is 2. The largest absolute Gasteiger partial charge is 0.326 e. The average molecular weight is 344 g/mol. The van der Waals surface area contributed by atoms with Gasteiger partial charge in [-0.3, -0.25) is 4.79 Å². The van der Waals surface area contributed by atoms with E-state index in [2.05, 4.69) is 10.6 Å². The number of nitrogens with one attached hydrogen (secondary N) is 2. The van der Waals surface area contributed by atoms with Gasteiger partial charge in [0.1, 0.15) is 6.04 Å². The van der Waals surface area contributed by atoms with Gasteiger partial charge in [-0.1, -0.05) is 35.9 Å². The number of para-hydroxylation sites is 1. The number of benzene rings is 2. The van der Waals surface area contributed by atoms with E-state index in [-0.39, 0.29) is 5.91 Å². The van der Waals surface area contributed by atoms with Crippen molar-refractivity contribution in [2.75, 3.05) is 16.8 Å². The molecule has 1 aliphatic rings. The van der Waals surface area contributed by atoms with Crippen molar-refractivity contribution in [1.29, 1.82) is 0 Å². The maximum absolute atomic E-state index is 12.5. The third-order valence-corrected chi connectivity index (χ3v) is 4.42. The number of halogens is 1. The topological polar surface area (TPSA) is 61.4 Å². The van der Waals surface area contributed by atoms with Crippen molar-refractivity contribution in [2.45, 2.75) is 19.4 Å². The quantitative estimate of drug-likeness (QED) is 0.894. The van der Waals surface area contributed by atoms with Gasteiger partial charge in [0.2, 0.25) is 5.91 Å². The highest BCUT2D eigenvalue weighted by Crippen LogP contribution is 2.22. The van der Waals surface area contributed by atoms with Gasteiger partial charge in [0.05, 0.1) is 0 Å². The molecular weight excluding hydrogens is 326 g/mol. The molecule has 5 nitrogen and oxygen atoms in total. The van der Waals surface area contributed by atoms with Crippen LogP contribution in [0.5, 0.6) is 0 Å². The lowest BCUT2D eigenvalue weighted by molar-refractivity contribution is -0.118. The van der Waals surface area contributed by atoms with Gasteiger partial charge in [-0.25, -0.2) is 4.79 Å². The maximum Gasteiger partial charge on any atom is 0.319 e. The van der Waals surface area contributed by atoms with E-state index < -0.39 is 12.1 Å². The van der Waals surface area contributed by atoms with E-state index in [1.165, 1.54) is 0 Å². The predicted octanol–water partition coefficient (Wildman–Crippen LogP) is 3.58. The first-order valence-electron chi connectivity index (χ1n) is 7.74. The molecule has 1 heterocycles. The maximum atomic E-state index is 12.5. The van der Waals surface area contributed by atoms with E-state index in [1.54, 1.807) is 17.0 Å². The Kier molecular flexibility index (Phi) is 4.71. The second-order valence-electron chi connectivity index (χ2n) is 5.73. The molecule has 1 aliphatic heterocycles. The number of amides is 3. The Balaban J connectivity index is 1.61. The van der Waals surface area contributed by atoms with Crippen molar-refractivity contribution in [3.8, 4) is 0 Å². The van der Waals surface area contributed by atoms with Crippen LogP contribution >= 0.6 is 11.6 Å². The minimum atomic E-state index is -0.522. The molecule has 3 rings (SSSR count). The first kappa shape index (κ1) is 16.3. The number of rotatable bonds is 3. The summed E-state index contributed by atoms with van der Waals surface area (Å²) in [6.45, 7) is 2.48. The third-order valence-electron chi connectivity index (χ3n) is 4.01. The second-order valence-corrected chi connectivity index (χ2v) is 6.14. The number of hydrogen-bond donors (Lipinski definition) is 2. The van der Waals surface area contributed by atoms with Gasteiger partial charge in [-0.05, 0) is 43.2 Å². The van der Waals surface area contributed by atoms with Crippen LogP contribution in [0.2, 0.25) is 5.02 Å². The van der Waals surface area contributed by atoms with Gasteiger partial charge >= 0.3 is 6.03 Å². The average Bonchev–Trinajstić information content (AvgIpc) is 2.92. The summed E-state index contributed by atoms with van der Waals surface area (Å²) in [5.41, 5.74) is 2.37. The summed E-state index contributed by atoms with van der Waals surface area (Å²) in [4.78, 5) is 26.3. The summed E-state index contributed by atoms with van der Waals surface area (Å²) < 4.78 is 0. The van der Waals surface area contributed by atoms with E-state index in [4.69, 9.17) is 11.6 Å². The van der Waals surface area contributed by atoms with Gasteiger partial charge in [0.15, 0.2) is 0 Å². The van der Waals surface area contributed by atoms with Crippen LogP contribution < -0.4 is 15.5 Å². The van der Waals surface area contributed by atoms with Crippen LogP contribution in [-0.2, 0) is 4.79 Å². The molecule has 0 radical (unpaired) electrons. The summed E-state index contributed by atoms with van der Waals surface area (Å²) in [6, 6.07) is 13.8. The molecule has 1 saturated heterocycles. The molecule has 0 aliphatic carbocycles. The molecule has 1 atom stereocenters. The molecule has 6 heteroatoms. The molecule has 0 saturated carbocycles. The Hall–Kier alpha value is -2.53. The van der Waals surface area contributed by atoms with Crippen molar-refractivity contribution < 1.29 is 9.59 Å². The van der Waals surface area contributed by atoms with Gasteiger partial charge in [-0.15, -0.1) is 0 Å². The van der Waals surface area contributed by atoms with Crippen LogP contribution in [0.1, 0.15) is 12.0 Å². The van der Waals surface area contributed by atoms with Crippen molar-refractivity contribution in [2.24, 2.45) is 0 Å². The molecule has 124 valence electrons. The Morgan fingerprint density at radius 2 is 1.96 bits per heavy atom. The zero-order valence-electron chi connectivity index (χ0n) is 13.3. The minimum absolute atomic E-state index is 0.0988. The zero-order valence-corrected chi connectivity index (χ0v) is 14.0. The molecule has 1 fully saturated rings. The van der Waals surface area contributed by atoms with Crippen molar-refractivity contribution in [3.05, 3.63) is 59.1 Å². The fraction of sp³-hybridized carbons (Fsp3) is 0.222. The molecule has 3 amide bonds. The smallest absolute Gasteiger partial charge is 0.319 e. The van der Waals surface area contributed by atoms with Crippen LogP contribution in [-0.4, -0.2) is 24.5 Å². The van der Waals surface area contributed by atoms with E-state index in [0.717, 1.165) is 11.3 Å². The third kappa shape index (κ3) is 3.51. The first-order chi connectivity index (χ1) is 11.5. The highest BCUT2D eigenvalue weighted by molar-refractivity contribution is 6.31. The number of hydrogen-bond acceptors (Lipinski definition) is 2. The summed E-state index contributed by atoms with van der Waals surface area (Å²) in [6.07, 6.45) is 0.579. The summed E-state index contributed by atoms with van der Waals surface area (Å²) in [7, 11) is 0. The van der Waals surface area contributed by atoms with E-state index in [0.29, 0.717) is 23.7 Å². The molecule has 2 aromatic carbocycles. The lowest BCUT2D eigenvalue weighted by Crippen LogP contribution is -2.43. The summed E-state index contributed by atoms with van der Waals surface area (Å²) in [5.74, 6) is -0.0988. The van der Waals surface area contributed by atoms with Gasteiger partial charge in [0, 0.05) is 22.9 Å². The number of carbonyl (C=O) groups is 2. The normalized spacial score (nSPS) is 17.0. The monoisotopic (exact) mass is 343 g/mol. The molecule has 2 N–H and O–H groups in total. The highest BCUT2D eigenvalue weighted by atomic mass is 35.5. The summed E-state index contributed by atoms with van der Waals surface area (Å²) in [5, 5.41) is 6.02. The lowest BCUT2D eigenvalue weighted by atomic mass is 10.2. The van der Waals surface area contributed by atoms with Crippen LogP contribution in [0.4, 0.5) is 16.2 Å². The van der Waals surface area contributed by atoms with Crippen LogP contribution in [0.3, 0.4) is 0 Å². The fourth-order valence-corrected chi connectivity index (χ4v) is 2.85. The number of aryl methyl sites for hydroxylation is 1.